The van der Waals surface area contributed by atoms with Gasteiger partial charge in [0.2, 0.25) is 0 Å². The minimum atomic E-state index is 0.320. The fraction of sp³-hybridized carbons (Fsp3) is 0.600. The summed E-state index contributed by atoms with van der Waals surface area (Å²) in [7, 11) is 0. The number of halogens is 1. The van der Waals surface area contributed by atoms with Crippen LogP contribution in [0.5, 0.6) is 0 Å². The molecule has 2 unspecified atom stereocenters. The predicted molar refractivity (Wildman–Crippen MR) is 74.7 cm³/mol. The minimum Gasteiger partial charge on any atom is -0.316 e. The molecule has 2 atom stereocenters. The van der Waals surface area contributed by atoms with Crippen LogP contribution in [0.4, 0.5) is 0 Å². The van der Waals surface area contributed by atoms with E-state index in [1.165, 1.54) is 24.8 Å². The van der Waals surface area contributed by atoms with Gasteiger partial charge in [0.1, 0.15) is 0 Å². The highest BCUT2D eigenvalue weighted by Crippen LogP contribution is 2.45. The third kappa shape index (κ3) is 2.51. The van der Waals surface area contributed by atoms with Crippen molar-refractivity contribution in [2.45, 2.75) is 38.5 Å². The van der Waals surface area contributed by atoms with Crippen LogP contribution in [0.15, 0.2) is 24.3 Å². The zero-order valence-corrected chi connectivity index (χ0v) is 11.6. The van der Waals surface area contributed by atoms with Gasteiger partial charge < -0.3 is 5.32 Å². The van der Waals surface area contributed by atoms with Crippen molar-refractivity contribution in [3.05, 3.63) is 34.9 Å². The van der Waals surface area contributed by atoms with E-state index in [1.807, 2.05) is 12.1 Å². The molecule has 1 fully saturated rings. The summed E-state index contributed by atoms with van der Waals surface area (Å²) < 4.78 is 0. The maximum Gasteiger partial charge on any atom is 0.0406 e. The van der Waals surface area contributed by atoms with E-state index in [2.05, 4.69) is 31.3 Å². The van der Waals surface area contributed by atoms with Gasteiger partial charge in [0.15, 0.2) is 0 Å². The maximum absolute atomic E-state index is 5.99. The van der Waals surface area contributed by atoms with E-state index >= 15 is 0 Å². The largest absolute Gasteiger partial charge is 0.316 e. The number of likely N-dealkylation sites (N-methyl/N-ethyl adjacent to an activating group) is 1. The summed E-state index contributed by atoms with van der Waals surface area (Å²) in [6.07, 6.45) is 3.98. The van der Waals surface area contributed by atoms with Crippen LogP contribution in [-0.2, 0) is 5.41 Å². The van der Waals surface area contributed by atoms with E-state index in [0.29, 0.717) is 5.41 Å². The highest BCUT2D eigenvalue weighted by molar-refractivity contribution is 6.30. The van der Waals surface area contributed by atoms with Crippen LogP contribution in [0.1, 0.15) is 38.7 Å². The molecule has 1 aliphatic carbocycles. The molecule has 0 saturated heterocycles. The van der Waals surface area contributed by atoms with Crippen molar-refractivity contribution < 1.29 is 0 Å². The van der Waals surface area contributed by atoms with Gasteiger partial charge in [-0.25, -0.2) is 0 Å². The first-order valence-corrected chi connectivity index (χ1v) is 7.03. The Morgan fingerprint density at radius 3 is 2.59 bits per heavy atom. The van der Waals surface area contributed by atoms with Gasteiger partial charge in [-0.2, -0.15) is 0 Å². The number of rotatable bonds is 4. The molecule has 0 amide bonds. The third-order valence-electron chi connectivity index (χ3n) is 4.31. The van der Waals surface area contributed by atoms with Crippen molar-refractivity contribution in [2.24, 2.45) is 5.92 Å². The first-order chi connectivity index (χ1) is 8.19. The molecule has 0 aromatic heterocycles. The molecule has 1 aromatic rings. The molecule has 0 radical (unpaired) electrons. The molecular weight excluding hydrogens is 230 g/mol. The van der Waals surface area contributed by atoms with Gasteiger partial charge >= 0.3 is 0 Å². The molecule has 17 heavy (non-hydrogen) atoms. The summed E-state index contributed by atoms with van der Waals surface area (Å²) in [6.45, 7) is 6.70. The van der Waals surface area contributed by atoms with Crippen molar-refractivity contribution >= 4 is 11.6 Å². The molecule has 2 rings (SSSR count). The first-order valence-electron chi connectivity index (χ1n) is 6.66. The third-order valence-corrected chi connectivity index (χ3v) is 4.56. The molecule has 1 aromatic carbocycles. The summed E-state index contributed by atoms with van der Waals surface area (Å²) in [6, 6.07) is 8.47. The number of hydrogen-bond acceptors (Lipinski definition) is 1. The van der Waals surface area contributed by atoms with Crippen LogP contribution < -0.4 is 5.32 Å². The van der Waals surface area contributed by atoms with Gasteiger partial charge in [-0.05, 0) is 43.0 Å². The summed E-state index contributed by atoms with van der Waals surface area (Å²) in [4.78, 5) is 0. The van der Waals surface area contributed by atoms with Crippen molar-refractivity contribution in [3.8, 4) is 0 Å². The standard InChI is InChI=1S/C15H22ClN/c1-3-17-11-15(10-4-5-12(15)2)13-6-8-14(16)9-7-13/h6-9,12,17H,3-5,10-11H2,1-2H3. The summed E-state index contributed by atoms with van der Waals surface area (Å²) in [5.41, 5.74) is 1.77. The normalized spacial score (nSPS) is 28.5. The molecule has 0 heterocycles. The smallest absolute Gasteiger partial charge is 0.0406 e. The van der Waals surface area contributed by atoms with Crippen LogP contribution in [0.3, 0.4) is 0 Å². The van der Waals surface area contributed by atoms with Crippen LogP contribution in [0, 0.1) is 5.92 Å². The highest BCUT2D eigenvalue weighted by atomic mass is 35.5. The first kappa shape index (κ1) is 12.9. The van der Waals surface area contributed by atoms with Crippen molar-refractivity contribution in [1.82, 2.24) is 5.32 Å². The van der Waals surface area contributed by atoms with E-state index in [-0.39, 0.29) is 0 Å². The number of hydrogen-bond donors (Lipinski definition) is 1. The Balaban J connectivity index is 2.29. The number of nitrogens with one attached hydrogen (secondary N) is 1. The quantitative estimate of drug-likeness (QED) is 0.853. The van der Waals surface area contributed by atoms with E-state index in [0.717, 1.165) is 24.0 Å². The summed E-state index contributed by atoms with van der Waals surface area (Å²) in [5, 5.41) is 4.37. The van der Waals surface area contributed by atoms with Gasteiger partial charge in [-0.3, -0.25) is 0 Å². The zero-order valence-electron chi connectivity index (χ0n) is 10.8. The molecule has 94 valence electrons. The van der Waals surface area contributed by atoms with Gasteiger partial charge in [0, 0.05) is 17.0 Å². The molecule has 1 nitrogen and oxygen atoms in total. The Labute approximate surface area is 110 Å². The Morgan fingerprint density at radius 1 is 1.35 bits per heavy atom. The molecule has 2 heteroatoms. The van der Waals surface area contributed by atoms with Crippen LogP contribution in [0.2, 0.25) is 5.02 Å². The molecule has 0 aliphatic heterocycles. The van der Waals surface area contributed by atoms with E-state index in [1.54, 1.807) is 0 Å². The lowest BCUT2D eigenvalue weighted by molar-refractivity contribution is 0.320. The predicted octanol–water partition coefficient (Wildman–Crippen LogP) is 4.01. The van der Waals surface area contributed by atoms with Crippen molar-refractivity contribution in [3.63, 3.8) is 0 Å². The van der Waals surface area contributed by atoms with Gasteiger partial charge in [0.05, 0.1) is 0 Å². The molecule has 0 bridgehead atoms. The Bertz CT molecular complexity index is 360. The second-order valence-electron chi connectivity index (χ2n) is 5.24. The van der Waals surface area contributed by atoms with E-state index in [9.17, 15) is 0 Å². The van der Waals surface area contributed by atoms with E-state index in [4.69, 9.17) is 11.6 Å². The lowest BCUT2D eigenvalue weighted by atomic mass is 9.73. The maximum atomic E-state index is 5.99. The minimum absolute atomic E-state index is 0.320. The Kier molecular flexibility index (Phi) is 4.11. The second-order valence-corrected chi connectivity index (χ2v) is 5.67. The summed E-state index contributed by atoms with van der Waals surface area (Å²) in [5.74, 6) is 0.753. The fourth-order valence-corrected chi connectivity index (χ4v) is 3.30. The monoisotopic (exact) mass is 251 g/mol. The van der Waals surface area contributed by atoms with Crippen LogP contribution >= 0.6 is 11.6 Å². The lowest BCUT2D eigenvalue weighted by Crippen LogP contribution is -2.40. The van der Waals surface area contributed by atoms with Gasteiger partial charge in [0.25, 0.3) is 0 Å². The number of benzene rings is 1. The van der Waals surface area contributed by atoms with Gasteiger partial charge in [-0.15, -0.1) is 0 Å². The van der Waals surface area contributed by atoms with Crippen molar-refractivity contribution in [2.75, 3.05) is 13.1 Å². The average molecular weight is 252 g/mol. The summed E-state index contributed by atoms with van der Waals surface area (Å²) >= 11 is 5.99. The Morgan fingerprint density at radius 2 is 2.06 bits per heavy atom. The molecule has 1 N–H and O–H groups in total. The SMILES string of the molecule is CCNCC1(c2ccc(Cl)cc2)CCCC1C. The fourth-order valence-electron chi connectivity index (χ4n) is 3.17. The lowest BCUT2D eigenvalue weighted by Gasteiger charge is -2.35. The van der Waals surface area contributed by atoms with Crippen molar-refractivity contribution in [1.29, 1.82) is 0 Å². The zero-order chi connectivity index (χ0) is 12.3. The molecular formula is C15H22ClN. The van der Waals surface area contributed by atoms with Crippen LogP contribution in [0.25, 0.3) is 0 Å². The molecule has 1 aliphatic rings. The Hall–Kier alpha value is -0.530. The van der Waals surface area contributed by atoms with Crippen LogP contribution in [-0.4, -0.2) is 13.1 Å². The topological polar surface area (TPSA) is 12.0 Å². The van der Waals surface area contributed by atoms with Gasteiger partial charge in [-0.1, -0.05) is 44.0 Å². The molecule has 1 saturated carbocycles. The average Bonchev–Trinajstić information content (AvgIpc) is 2.70. The highest BCUT2D eigenvalue weighted by Gasteiger charge is 2.41. The molecule has 0 spiro atoms. The second kappa shape index (κ2) is 5.41. The van der Waals surface area contributed by atoms with E-state index < -0.39 is 0 Å².